The van der Waals surface area contributed by atoms with Gasteiger partial charge in [0.1, 0.15) is 0 Å². The maximum absolute atomic E-state index is 13.0. The van der Waals surface area contributed by atoms with E-state index in [4.69, 9.17) is 4.74 Å². The van der Waals surface area contributed by atoms with Crippen molar-refractivity contribution in [3.05, 3.63) is 35.4 Å². The molecular weight excluding hydrogens is 498 g/mol. The van der Waals surface area contributed by atoms with Crippen LogP contribution in [0.25, 0.3) is 0 Å². The Labute approximate surface area is 186 Å². The Morgan fingerprint density at radius 2 is 1.93 bits per heavy atom. The van der Waals surface area contributed by atoms with Crippen molar-refractivity contribution in [3.8, 4) is 0 Å². The largest absolute Gasteiger partial charge is 0.416 e. The summed E-state index contributed by atoms with van der Waals surface area (Å²) in [6, 6.07) is 5.62. The first kappa shape index (κ1) is 24.2. The number of nitrogens with one attached hydrogen (secondary N) is 2. The molecule has 0 bridgehead atoms. The zero-order valence-corrected chi connectivity index (χ0v) is 18.8. The number of alkyl halides is 3. The van der Waals surface area contributed by atoms with Crippen molar-refractivity contribution < 1.29 is 23.0 Å². The predicted molar refractivity (Wildman–Crippen MR) is 117 cm³/mol. The van der Waals surface area contributed by atoms with Crippen molar-refractivity contribution in [2.45, 2.75) is 37.3 Å². The van der Waals surface area contributed by atoms with Gasteiger partial charge in [-0.1, -0.05) is 18.2 Å². The summed E-state index contributed by atoms with van der Waals surface area (Å²) in [6.45, 7) is 2.55. The van der Waals surface area contributed by atoms with E-state index in [0.29, 0.717) is 44.2 Å². The van der Waals surface area contributed by atoms with Gasteiger partial charge in [0.15, 0.2) is 5.96 Å². The fourth-order valence-electron chi connectivity index (χ4n) is 3.80. The maximum atomic E-state index is 13.0. The third-order valence-electron chi connectivity index (χ3n) is 5.93. The summed E-state index contributed by atoms with van der Waals surface area (Å²) >= 11 is 0. The van der Waals surface area contributed by atoms with E-state index in [0.717, 1.165) is 25.3 Å². The number of aliphatic imine (C=N–C) groups is 1. The molecule has 0 amide bonds. The summed E-state index contributed by atoms with van der Waals surface area (Å²) in [5.74, 6) is 0.613. The minimum absolute atomic E-state index is 0. The van der Waals surface area contributed by atoms with Gasteiger partial charge in [-0.3, -0.25) is 4.99 Å². The molecule has 1 aliphatic carbocycles. The quantitative estimate of drug-likeness (QED) is 0.290. The molecule has 5 nitrogen and oxygen atoms in total. The third-order valence-corrected chi connectivity index (χ3v) is 5.93. The van der Waals surface area contributed by atoms with Crippen LogP contribution in [0.15, 0.2) is 29.3 Å². The van der Waals surface area contributed by atoms with Gasteiger partial charge in [0.05, 0.1) is 12.2 Å². The molecule has 2 fully saturated rings. The van der Waals surface area contributed by atoms with Crippen LogP contribution in [-0.2, 0) is 16.3 Å². The Hall–Kier alpha value is -1.07. The van der Waals surface area contributed by atoms with Gasteiger partial charge in [-0.2, -0.15) is 13.2 Å². The van der Waals surface area contributed by atoms with Crippen LogP contribution in [0.4, 0.5) is 13.2 Å². The second-order valence-corrected chi connectivity index (χ2v) is 7.91. The highest BCUT2D eigenvalue weighted by atomic mass is 127. The van der Waals surface area contributed by atoms with Gasteiger partial charge in [-0.15, -0.1) is 24.0 Å². The first-order valence-corrected chi connectivity index (χ1v) is 9.63. The Balaban J connectivity index is 0.00000300. The van der Waals surface area contributed by atoms with Gasteiger partial charge < -0.3 is 20.5 Å². The predicted octanol–water partition coefficient (Wildman–Crippen LogP) is 3.31. The highest BCUT2D eigenvalue weighted by Gasteiger charge is 2.45. The molecule has 9 heteroatoms. The Morgan fingerprint density at radius 3 is 2.48 bits per heavy atom. The second-order valence-electron chi connectivity index (χ2n) is 7.91. The topological polar surface area (TPSA) is 65.9 Å². The fourth-order valence-corrected chi connectivity index (χ4v) is 3.80. The fraction of sp³-hybridized carbons (Fsp3) is 0.650. The number of halogens is 4. The third kappa shape index (κ3) is 5.97. The van der Waals surface area contributed by atoms with E-state index in [1.807, 2.05) is 0 Å². The van der Waals surface area contributed by atoms with Crippen molar-refractivity contribution in [3.63, 3.8) is 0 Å². The van der Waals surface area contributed by atoms with Crippen molar-refractivity contribution in [1.29, 1.82) is 0 Å². The smallest absolute Gasteiger partial charge is 0.396 e. The van der Waals surface area contributed by atoms with Gasteiger partial charge in [0.2, 0.25) is 0 Å². The first-order valence-electron chi connectivity index (χ1n) is 9.63. The summed E-state index contributed by atoms with van der Waals surface area (Å²) in [4.78, 5) is 4.23. The zero-order valence-electron chi connectivity index (χ0n) is 16.5. The number of ether oxygens (including phenoxy) is 1. The SMILES string of the molecule is CN=C(NCC1(CCO)CCOC1)NCC1(c2cccc(C(F)(F)F)c2)CC1.I. The number of guanidine groups is 1. The highest BCUT2D eigenvalue weighted by Crippen LogP contribution is 2.48. The lowest BCUT2D eigenvalue weighted by atomic mass is 9.84. The molecule has 0 aromatic heterocycles. The number of hydrogen-bond acceptors (Lipinski definition) is 3. The number of aliphatic hydroxyl groups is 1. The molecule has 1 atom stereocenters. The van der Waals surface area contributed by atoms with Gasteiger partial charge >= 0.3 is 6.18 Å². The highest BCUT2D eigenvalue weighted by molar-refractivity contribution is 14.0. The first-order chi connectivity index (χ1) is 13.3. The Morgan fingerprint density at radius 1 is 1.21 bits per heavy atom. The molecule has 3 rings (SSSR count). The number of benzene rings is 1. The Kier molecular flexibility index (Phi) is 8.20. The van der Waals surface area contributed by atoms with E-state index < -0.39 is 11.7 Å². The molecule has 1 saturated heterocycles. The van der Waals surface area contributed by atoms with Crippen LogP contribution in [0.5, 0.6) is 0 Å². The number of rotatable bonds is 7. The lowest BCUT2D eigenvalue weighted by Crippen LogP contribution is -2.46. The second kappa shape index (κ2) is 9.82. The van der Waals surface area contributed by atoms with E-state index in [1.54, 1.807) is 13.1 Å². The van der Waals surface area contributed by atoms with Gasteiger partial charge in [-0.05, 0) is 37.3 Å². The molecule has 1 unspecified atom stereocenters. The van der Waals surface area contributed by atoms with Crippen molar-refractivity contribution in [2.24, 2.45) is 10.4 Å². The van der Waals surface area contributed by atoms with E-state index in [2.05, 4.69) is 15.6 Å². The lowest BCUT2D eigenvalue weighted by Gasteiger charge is -2.28. The number of nitrogens with zero attached hydrogens (tertiary/aromatic N) is 1. The molecule has 1 aromatic rings. The maximum Gasteiger partial charge on any atom is 0.416 e. The zero-order chi connectivity index (χ0) is 20.3. The molecule has 1 saturated carbocycles. The van der Waals surface area contributed by atoms with Gasteiger partial charge in [0.25, 0.3) is 0 Å². The summed E-state index contributed by atoms with van der Waals surface area (Å²) in [6.07, 6.45) is -1.10. The molecule has 1 aliphatic heterocycles. The monoisotopic (exact) mass is 527 g/mol. The van der Waals surface area contributed by atoms with Gasteiger partial charge in [0, 0.05) is 44.2 Å². The van der Waals surface area contributed by atoms with Crippen molar-refractivity contribution >= 4 is 29.9 Å². The number of aliphatic hydroxyl groups excluding tert-OH is 1. The molecule has 0 radical (unpaired) electrons. The molecule has 1 aromatic carbocycles. The number of hydrogen-bond donors (Lipinski definition) is 3. The summed E-state index contributed by atoms with van der Waals surface area (Å²) in [5.41, 5.74) is -0.278. The van der Waals surface area contributed by atoms with Crippen LogP contribution >= 0.6 is 24.0 Å². The summed E-state index contributed by atoms with van der Waals surface area (Å²) in [7, 11) is 1.67. The molecule has 164 valence electrons. The van der Waals surface area contributed by atoms with Crippen LogP contribution < -0.4 is 10.6 Å². The standard InChI is InChI=1S/C20H28F3N3O2.HI/c1-24-17(25-12-18(7-9-27)8-10-28-14-18)26-13-19(5-6-19)15-3-2-4-16(11-15)20(21,22)23;/h2-4,11,27H,5-10,12-14H2,1H3,(H2,24,25,26);1H. The van der Waals surface area contributed by atoms with Crippen molar-refractivity contribution in [2.75, 3.05) is 40.0 Å². The molecule has 29 heavy (non-hydrogen) atoms. The van der Waals surface area contributed by atoms with Crippen LogP contribution in [0, 0.1) is 5.41 Å². The van der Waals surface area contributed by atoms with Gasteiger partial charge in [-0.25, -0.2) is 0 Å². The minimum atomic E-state index is -4.33. The Bertz CT molecular complexity index is 702. The lowest BCUT2D eigenvalue weighted by molar-refractivity contribution is -0.137. The van der Waals surface area contributed by atoms with Crippen LogP contribution in [0.2, 0.25) is 0 Å². The van der Waals surface area contributed by atoms with Crippen LogP contribution in [0.3, 0.4) is 0 Å². The summed E-state index contributed by atoms with van der Waals surface area (Å²) < 4.78 is 44.6. The van der Waals surface area contributed by atoms with E-state index in [9.17, 15) is 18.3 Å². The normalized spacial score (nSPS) is 23.4. The van der Waals surface area contributed by atoms with Crippen LogP contribution in [-0.4, -0.2) is 51.0 Å². The van der Waals surface area contributed by atoms with Crippen LogP contribution in [0.1, 0.15) is 36.8 Å². The molecular formula is C20H29F3IN3O2. The van der Waals surface area contributed by atoms with E-state index >= 15 is 0 Å². The molecule has 2 aliphatic rings. The average molecular weight is 527 g/mol. The van der Waals surface area contributed by atoms with E-state index in [1.165, 1.54) is 12.1 Å². The molecule has 0 spiro atoms. The summed E-state index contributed by atoms with van der Waals surface area (Å²) in [5, 5.41) is 15.9. The molecule has 1 heterocycles. The van der Waals surface area contributed by atoms with E-state index in [-0.39, 0.29) is 41.4 Å². The minimum Gasteiger partial charge on any atom is -0.396 e. The van der Waals surface area contributed by atoms with Crippen molar-refractivity contribution in [1.82, 2.24) is 10.6 Å². The molecule has 3 N–H and O–H groups in total. The average Bonchev–Trinajstić information content (AvgIpc) is 3.33.